The van der Waals surface area contributed by atoms with E-state index in [0.717, 1.165) is 19.7 Å². The number of hydrogen-bond acceptors (Lipinski definition) is 3. The molecule has 3 nitrogen and oxygen atoms in total. The van der Waals surface area contributed by atoms with Gasteiger partial charge in [0.15, 0.2) is 0 Å². The van der Waals surface area contributed by atoms with Crippen LogP contribution in [0.2, 0.25) is 0 Å². The molecule has 0 aromatic rings. The molecule has 1 heterocycles. The molecule has 0 saturated carbocycles. The van der Waals surface area contributed by atoms with Gasteiger partial charge in [-0.1, -0.05) is 20.8 Å². The van der Waals surface area contributed by atoms with Gasteiger partial charge in [0.2, 0.25) is 0 Å². The van der Waals surface area contributed by atoms with Gasteiger partial charge in [-0.25, -0.2) is 0 Å². The lowest BCUT2D eigenvalue weighted by atomic mass is 9.77. The quantitative estimate of drug-likeness (QED) is 0.772. The molecule has 17 heavy (non-hydrogen) atoms. The van der Waals surface area contributed by atoms with Crippen LogP contribution in [-0.2, 0) is 4.74 Å². The van der Waals surface area contributed by atoms with E-state index in [-0.39, 0.29) is 0 Å². The predicted octanol–water partition coefficient (Wildman–Crippen LogP) is 2.12. The van der Waals surface area contributed by atoms with Gasteiger partial charge < -0.3 is 10.1 Å². The summed E-state index contributed by atoms with van der Waals surface area (Å²) < 4.78 is 5.27. The number of nitrogens with zero attached hydrogens (tertiary/aromatic N) is 1. The van der Waals surface area contributed by atoms with Crippen molar-refractivity contribution in [2.24, 2.45) is 5.41 Å². The maximum atomic E-state index is 5.27. The smallest absolute Gasteiger partial charge is 0.0615 e. The number of likely N-dealkylation sites (N-methyl/N-ethyl adjacent to an activating group) is 1. The van der Waals surface area contributed by atoms with Gasteiger partial charge >= 0.3 is 0 Å². The van der Waals surface area contributed by atoms with Gasteiger partial charge in [-0.05, 0) is 38.3 Å². The summed E-state index contributed by atoms with van der Waals surface area (Å²) in [7, 11) is 1.78. The Morgan fingerprint density at radius 1 is 1.47 bits per heavy atom. The van der Waals surface area contributed by atoms with Crippen molar-refractivity contribution in [2.45, 2.75) is 52.6 Å². The van der Waals surface area contributed by atoms with Crippen molar-refractivity contribution in [3.05, 3.63) is 0 Å². The fourth-order valence-electron chi connectivity index (χ4n) is 2.78. The summed E-state index contributed by atoms with van der Waals surface area (Å²) in [6.07, 6.45) is 2.64. The molecule has 2 unspecified atom stereocenters. The van der Waals surface area contributed by atoms with Gasteiger partial charge in [0, 0.05) is 25.7 Å². The molecule has 0 aliphatic carbocycles. The first-order valence-corrected chi connectivity index (χ1v) is 6.97. The van der Waals surface area contributed by atoms with Crippen molar-refractivity contribution < 1.29 is 4.74 Å². The Morgan fingerprint density at radius 3 is 2.71 bits per heavy atom. The third kappa shape index (κ3) is 4.23. The molecule has 0 spiro atoms. The lowest BCUT2D eigenvalue weighted by Crippen LogP contribution is -2.54. The van der Waals surface area contributed by atoms with Crippen molar-refractivity contribution in [1.29, 1.82) is 0 Å². The minimum absolute atomic E-state index is 0.415. The highest BCUT2D eigenvalue weighted by Crippen LogP contribution is 2.30. The molecular weight excluding hydrogens is 212 g/mol. The van der Waals surface area contributed by atoms with E-state index in [9.17, 15) is 0 Å². The molecule has 2 atom stereocenters. The molecule has 102 valence electrons. The van der Waals surface area contributed by atoms with E-state index in [1.165, 1.54) is 19.4 Å². The van der Waals surface area contributed by atoms with Crippen LogP contribution >= 0.6 is 0 Å². The number of nitrogens with one attached hydrogen (secondary N) is 1. The van der Waals surface area contributed by atoms with E-state index in [1.807, 2.05) is 0 Å². The van der Waals surface area contributed by atoms with E-state index in [1.54, 1.807) is 7.11 Å². The second-order valence-electron chi connectivity index (χ2n) is 5.99. The Labute approximate surface area is 107 Å². The topological polar surface area (TPSA) is 24.5 Å². The van der Waals surface area contributed by atoms with Crippen molar-refractivity contribution in [3.63, 3.8) is 0 Å². The zero-order valence-electron chi connectivity index (χ0n) is 12.3. The lowest BCUT2D eigenvalue weighted by Gasteiger charge is -2.43. The summed E-state index contributed by atoms with van der Waals surface area (Å²) in [6.45, 7) is 13.5. The number of methoxy groups -OCH3 is 1. The monoisotopic (exact) mass is 242 g/mol. The van der Waals surface area contributed by atoms with Crippen LogP contribution in [0.3, 0.4) is 0 Å². The first-order valence-electron chi connectivity index (χ1n) is 6.97. The van der Waals surface area contributed by atoms with Gasteiger partial charge in [-0.2, -0.15) is 0 Å². The molecule has 1 saturated heterocycles. The molecule has 1 N–H and O–H groups in total. The normalized spacial score (nSPS) is 26.1. The second-order valence-corrected chi connectivity index (χ2v) is 5.99. The molecular formula is C14H30N2O. The van der Waals surface area contributed by atoms with Crippen molar-refractivity contribution in [1.82, 2.24) is 10.2 Å². The van der Waals surface area contributed by atoms with Crippen LogP contribution in [-0.4, -0.2) is 50.3 Å². The fraction of sp³-hybridized carbons (Fsp3) is 1.00. The number of piperidine rings is 1. The first kappa shape index (κ1) is 14.9. The van der Waals surface area contributed by atoms with Crippen molar-refractivity contribution in [2.75, 3.05) is 33.4 Å². The predicted molar refractivity (Wildman–Crippen MR) is 73.4 cm³/mol. The van der Waals surface area contributed by atoms with E-state index in [0.29, 0.717) is 17.5 Å². The second kappa shape index (κ2) is 6.72. The highest BCUT2D eigenvalue weighted by atomic mass is 16.5. The third-order valence-corrected chi connectivity index (χ3v) is 4.19. The highest BCUT2D eigenvalue weighted by Gasteiger charge is 2.33. The summed E-state index contributed by atoms with van der Waals surface area (Å²) in [5.74, 6) is 0. The first-order chi connectivity index (χ1) is 8.01. The Morgan fingerprint density at radius 2 is 2.18 bits per heavy atom. The van der Waals surface area contributed by atoms with E-state index in [4.69, 9.17) is 4.74 Å². The summed E-state index contributed by atoms with van der Waals surface area (Å²) in [6, 6.07) is 1.11. The Kier molecular flexibility index (Phi) is 5.90. The largest absolute Gasteiger partial charge is 0.383 e. The molecule has 0 amide bonds. The maximum absolute atomic E-state index is 5.27. The molecule has 0 aromatic heterocycles. The van der Waals surface area contributed by atoms with E-state index < -0.39 is 0 Å². The van der Waals surface area contributed by atoms with E-state index >= 15 is 0 Å². The molecule has 0 aromatic carbocycles. The van der Waals surface area contributed by atoms with Crippen LogP contribution in [0.25, 0.3) is 0 Å². The van der Waals surface area contributed by atoms with Crippen LogP contribution in [0.4, 0.5) is 0 Å². The Balaban J connectivity index is 2.54. The number of hydrogen-bond donors (Lipinski definition) is 1. The van der Waals surface area contributed by atoms with Gasteiger partial charge in [-0.15, -0.1) is 0 Å². The molecule has 3 heteroatoms. The molecule has 0 radical (unpaired) electrons. The Hall–Kier alpha value is -0.120. The van der Waals surface area contributed by atoms with Gasteiger partial charge in [0.1, 0.15) is 0 Å². The van der Waals surface area contributed by atoms with Gasteiger partial charge in [-0.3, -0.25) is 4.90 Å². The maximum Gasteiger partial charge on any atom is 0.0615 e. The zero-order chi connectivity index (χ0) is 12.9. The SMILES string of the molecule is CCN(CC1NCCCC1(C)C)C(C)COC. The Bertz CT molecular complexity index is 218. The average molecular weight is 242 g/mol. The summed E-state index contributed by atoms with van der Waals surface area (Å²) in [4.78, 5) is 2.52. The fourth-order valence-corrected chi connectivity index (χ4v) is 2.78. The van der Waals surface area contributed by atoms with Crippen molar-refractivity contribution in [3.8, 4) is 0 Å². The standard InChI is InChI=1S/C14H30N2O/c1-6-16(12(2)11-17-5)10-13-14(3,4)8-7-9-15-13/h12-13,15H,6-11H2,1-5H3. The van der Waals surface area contributed by atoms with Crippen LogP contribution in [0.15, 0.2) is 0 Å². The zero-order valence-corrected chi connectivity index (χ0v) is 12.3. The lowest BCUT2D eigenvalue weighted by molar-refractivity contribution is 0.0684. The van der Waals surface area contributed by atoms with Crippen LogP contribution in [0, 0.1) is 5.41 Å². The van der Waals surface area contributed by atoms with E-state index in [2.05, 4.69) is 37.9 Å². The van der Waals surface area contributed by atoms with Gasteiger partial charge in [0.05, 0.1) is 6.61 Å². The molecule has 1 fully saturated rings. The minimum atomic E-state index is 0.415. The summed E-state index contributed by atoms with van der Waals surface area (Å²) in [5.41, 5.74) is 0.415. The molecule has 0 bridgehead atoms. The summed E-state index contributed by atoms with van der Waals surface area (Å²) >= 11 is 0. The van der Waals surface area contributed by atoms with Crippen LogP contribution < -0.4 is 5.32 Å². The van der Waals surface area contributed by atoms with Crippen LogP contribution in [0.1, 0.15) is 40.5 Å². The summed E-state index contributed by atoms with van der Waals surface area (Å²) in [5, 5.41) is 3.69. The van der Waals surface area contributed by atoms with Crippen molar-refractivity contribution >= 4 is 0 Å². The van der Waals surface area contributed by atoms with Gasteiger partial charge in [0.25, 0.3) is 0 Å². The molecule has 1 aliphatic rings. The average Bonchev–Trinajstić information content (AvgIpc) is 2.27. The number of rotatable bonds is 6. The molecule has 1 aliphatic heterocycles. The number of ether oxygens (including phenoxy) is 1. The molecule has 1 rings (SSSR count). The highest BCUT2D eigenvalue weighted by molar-refractivity contribution is 4.90. The third-order valence-electron chi connectivity index (χ3n) is 4.19. The van der Waals surface area contributed by atoms with Crippen LogP contribution in [0.5, 0.6) is 0 Å². The minimum Gasteiger partial charge on any atom is -0.383 e.